The number of hydrogen-bond donors (Lipinski definition) is 0. The van der Waals surface area contributed by atoms with Crippen LogP contribution < -0.4 is 4.74 Å². The molecule has 0 amide bonds. The fourth-order valence-electron chi connectivity index (χ4n) is 2.98. The second kappa shape index (κ2) is 6.89. The van der Waals surface area contributed by atoms with Gasteiger partial charge in [0.2, 0.25) is 0 Å². The molecule has 2 aromatic carbocycles. The number of benzene rings is 2. The molecule has 0 saturated carbocycles. The summed E-state index contributed by atoms with van der Waals surface area (Å²) < 4.78 is 20.7. The summed E-state index contributed by atoms with van der Waals surface area (Å²) in [5.41, 5.74) is 4.57. The van der Waals surface area contributed by atoms with Crippen molar-refractivity contribution in [2.45, 2.75) is 6.42 Å². The van der Waals surface area contributed by atoms with Gasteiger partial charge in [-0.2, -0.15) is 0 Å². The number of nitrogens with zero attached hydrogens (tertiary/aromatic N) is 2. The van der Waals surface area contributed by atoms with Crippen molar-refractivity contribution in [1.82, 2.24) is 4.98 Å². The van der Waals surface area contributed by atoms with Gasteiger partial charge < -0.3 is 4.74 Å². The topological polar surface area (TPSA) is 34.5 Å². The monoisotopic (exact) mass is 366 g/mol. The number of ether oxygens (including phenoxy) is 1. The number of hydrogen-bond acceptors (Lipinski definition) is 3. The Morgan fingerprint density at radius 1 is 1.15 bits per heavy atom. The van der Waals surface area contributed by atoms with E-state index < -0.39 is 0 Å². The summed E-state index contributed by atoms with van der Waals surface area (Å²) >= 11 is 6.08. The molecule has 2 heterocycles. The predicted octanol–water partition coefficient (Wildman–Crippen LogP) is 4.94. The van der Waals surface area contributed by atoms with Crippen LogP contribution in [0.5, 0.6) is 5.75 Å². The van der Waals surface area contributed by atoms with E-state index in [1.54, 1.807) is 36.5 Å². The van der Waals surface area contributed by atoms with Crippen molar-refractivity contribution >= 4 is 17.3 Å². The molecule has 0 saturated heterocycles. The van der Waals surface area contributed by atoms with Crippen LogP contribution >= 0.6 is 11.6 Å². The van der Waals surface area contributed by atoms with Crippen LogP contribution in [-0.2, 0) is 6.42 Å². The van der Waals surface area contributed by atoms with Crippen molar-refractivity contribution in [2.24, 2.45) is 4.99 Å². The zero-order valence-electron chi connectivity index (χ0n) is 14.2. The average molecular weight is 367 g/mol. The summed E-state index contributed by atoms with van der Waals surface area (Å²) in [6.07, 6.45) is 2.21. The molecule has 3 nitrogen and oxygen atoms in total. The van der Waals surface area contributed by atoms with Crippen molar-refractivity contribution in [3.05, 3.63) is 82.4 Å². The third kappa shape index (κ3) is 3.33. The molecule has 5 heteroatoms. The van der Waals surface area contributed by atoms with Crippen LogP contribution in [0.15, 0.2) is 59.7 Å². The third-order valence-corrected chi connectivity index (χ3v) is 4.58. The first-order valence-corrected chi connectivity index (χ1v) is 8.63. The predicted molar refractivity (Wildman–Crippen MR) is 102 cm³/mol. The highest BCUT2D eigenvalue weighted by atomic mass is 35.5. The van der Waals surface area contributed by atoms with E-state index in [0.29, 0.717) is 33.9 Å². The Labute approximate surface area is 156 Å². The van der Waals surface area contributed by atoms with Crippen LogP contribution in [0.25, 0.3) is 11.1 Å². The van der Waals surface area contributed by atoms with E-state index in [1.807, 2.05) is 18.2 Å². The van der Waals surface area contributed by atoms with Crippen molar-refractivity contribution in [1.29, 1.82) is 0 Å². The molecule has 0 atom stereocenters. The highest BCUT2D eigenvalue weighted by Crippen LogP contribution is 2.36. The molecule has 0 fully saturated rings. The molecule has 4 rings (SSSR count). The first kappa shape index (κ1) is 16.7. The summed E-state index contributed by atoms with van der Waals surface area (Å²) in [5.74, 6) is 0.185. The van der Waals surface area contributed by atoms with Crippen molar-refractivity contribution in [3.63, 3.8) is 0 Å². The Hall–Kier alpha value is -2.72. The van der Waals surface area contributed by atoms with Gasteiger partial charge in [-0.05, 0) is 47.0 Å². The van der Waals surface area contributed by atoms with E-state index in [0.717, 1.165) is 23.5 Å². The Kier molecular flexibility index (Phi) is 4.43. The zero-order valence-corrected chi connectivity index (χ0v) is 14.9. The van der Waals surface area contributed by atoms with E-state index in [9.17, 15) is 0 Å². The molecule has 130 valence electrons. The largest absolute Gasteiger partial charge is 0.496 e. The number of pyridine rings is 1. The van der Waals surface area contributed by atoms with E-state index in [-0.39, 0.29) is 5.82 Å². The molecular formula is C21H16ClFN2O. The summed E-state index contributed by atoms with van der Waals surface area (Å²) in [4.78, 5) is 8.48. The van der Waals surface area contributed by atoms with Gasteiger partial charge in [-0.3, -0.25) is 9.98 Å². The lowest BCUT2D eigenvalue weighted by atomic mass is 9.97. The molecule has 0 unspecified atom stereocenters. The second-order valence-electron chi connectivity index (χ2n) is 6.12. The Morgan fingerprint density at radius 2 is 2.00 bits per heavy atom. The molecule has 1 aromatic heterocycles. The van der Waals surface area contributed by atoms with Gasteiger partial charge in [-0.1, -0.05) is 29.8 Å². The molecule has 0 bridgehead atoms. The number of rotatable bonds is 5. The van der Waals surface area contributed by atoms with Crippen molar-refractivity contribution in [3.8, 4) is 16.9 Å². The highest BCUT2D eigenvalue weighted by molar-refractivity contribution is 6.30. The Balaban J connectivity index is 1.74. The van der Waals surface area contributed by atoms with Crippen LogP contribution in [-0.4, -0.2) is 24.4 Å². The lowest BCUT2D eigenvalue weighted by molar-refractivity contribution is 0.413. The van der Waals surface area contributed by atoms with Crippen LogP contribution in [0.1, 0.15) is 16.8 Å². The zero-order chi connectivity index (χ0) is 18.1. The fourth-order valence-corrected chi connectivity index (χ4v) is 3.17. The van der Waals surface area contributed by atoms with E-state index >= 15 is 4.39 Å². The Morgan fingerprint density at radius 3 is 2.73 bits per heavy atom. The standard InChI is InChI=1S/C21H16ClFN2O/c1-26-19-6-5-15(9-13-7-8-24-17(10-13)18-12-25-18)21(23)20(19)14-3-2-4-16(22)11-14/h2-8,10-11H,9,12H2,1H3. The normalized spacial score (nSPS) is 12.7. The molecule has 1 aliphatic rings. The minimum absolute atomic E-state index is 0.297. The fraction of sp³-hybridized carbons (Fsp3) is 0.143. The maximum absolute atomic E-state index is 15.3. The third-order valence-electron chi connectivity index (χ3n) is 4.35. The quantitative estimate of drug-likeness (QED) is 0.640. The summed E-state index contributed by atoms with van der Waals surface area (Å²) in [7, 11) is 1.54. The van der Waals surface area contributed by atoms with Gasteiger partial charge in [-0.25, -0.2) is 4.39 Å². The first-order valence-electron chi connectivity index (χ1n) is 8.25. The number of methoxy groups -OCH3 is 1. The lowest BCUT2D eigenvalue weighted by Gasteiger charge is -2.14. The average Bonchev–Trinajstić information content (AvgIpc) is 3.48. The van der Waals surface area contributed by atoms with Gasteiger partial charge in [0, 0.05) is 17.6 Å². The van der Waals surface area contributed by atoms with Crippen molar-refractivity contribution < 1.29 is 9.13 Å². The minimum Gasteiger partial charge on any atom is -0.496 e. The smallest absolute Gasteiger partial charge is 0.138 e. The maximum Gasteiger partial charge on any atom is 0.138 e. The second-order valence-corrected chi connectivity index (χ2v) is 6.55. The minimum atomic E-state index is -0.297. The van der Waals surface area contributed by atoms with Crippen LogP contribution in [0.2, 0.25) is 5.02 Å². The molecule has 26 heavy (non-hydrogen) atoms. The number of aromatic nitrogens is 1. The summed E-state index contributed by atoms with van der Waals surface area (Å²) in [6.45, 7) is 0.742. The first-order chi connectivity index (χ1) is 12.7. The molecule has 0 spiro atoms. The van der Waals surface area contributed by atoms with Crippen LogP contribution in [0, 0.1) is 5.82 Å². The summed E-state index contributed by atoms with van der Waals surface area (Å²) in [5, 5.41) is 0.554. The summed E-state index contributed by atoms with van der Waals surface area (Å²) in [6, 6.07) is 14.5. The van der Waals surface area contributed by atoms with Gasteiger partial charge in [0.15, 0.2) is 0 Å². The number of aliphatic imine (C=N–C) groups is 1. The molecule has 3 aromatic rings. The molecule has 0 N–H and O–H groups in total. The van der Waals surface area contributed by atoms with Crippen LogP contribution in [0.3, 0.4) is 0 Å². The lowest BCUT2D eigenvalue weighted by Crippen LogP contribution is -2.00. The molecular weight excluding hydrogens is 351 g/mol. The highest BCUT2D eigenvalue weighted by Gasteiger charge is 2.18. The number of halogens is 2. The Bertz CT molecular complexity index is 1020. The van der Waals surface area contributed by atoms with E-state index in [2.05, 4.69) is 9.98 Å². The van der Waals surface area contributed by atoms with Crippen LogP contribution in [0.4, 0.5) is 4.39 Å². The molecule has 0 radical (unpaired) electrons. The van der Waals surface area contributed by atoms with Crippen molar-refractivity contribution in [2.75, 3.05) is 13.7 Å². The van der Waals surface area contributed by atoms with Gasteiger partial charge in [0.05, 0.1) is 30.6 Å². The SMILES string of the molecule is COc1ccc(Cc2ccnc(C3=NC3)c2)c(F)c1-c1cccc(Cl)c1. The molecule has 1 aliphatic heterocycles. The molecule has 0 aliphatic carbocycles. The van der Waals surface area contributed by atoms with Gasteiger partial charge in [0.25, 0.3) is 0 Å². The van der Waals surface area contributed by atoms with Gasteiger partial charge >= 0.3 is 0 Å². The van der Waals surface area contributed by atoms with Gasteiger partial charge in [0.1, 0.15) is 11.6 Å². The maximum atomic E-state index is 15.3. The van der Waals surface area contributed by atoms with E-state index in [4.69, 9.17) is 16.3 Å². The van der Waals surface area contributed by atoms with Gasteiger partial charge in [-0.15, -0.1) is 0 Å². The van der Waals surface area contributed by atoms with E-state index in [1.165, 1.54) is 7.11 Å².